The van der Waals surface area contributed by atoms with Gasteiger partial charge in [0.05, 0.1) is 17.7 Å². The highest BCUT2D eigenvalue weighted by molar-refractivity contribution is 7.10. The number of imide groups is 1. The monoisotopic (exact) mass is 389 g/mol. The maximum atomic E-state index is 13.3. The first-order valence-corrected chi connectivity index (χ1v) is 9.37. The highest BCUT2D eigenvalue weighted by Crippen LogP contribution is 2.46. The Morgan fingerprint density at radius 3 is 2.52 bits per heavy atom. The van der Waals surface area contributed by atoms with E-state index in [4.69, 9.17) is 4.74 Å². The van der Waals surface area contributed by atoms with Gasteiger partial charge in [0.15, 0.2) is 0 Å². The fourth-order valence-electron chi connectivity index (χ4n) is 4.26. The molecule has 2 N–H and O–H groups in total. The number of hydrogen-bond acceptors (Lipinski definition) is 5. The highest BCUT2D eigenvalue weighted by atomic mass is 32.1. The Kier molecular flexibility index (Phi) is 4.12. The molecular formula is C19H18FN2O4S+. The third-order valence-corrected chi connectivity index (χ3v) is 6.47. The van der Waals surface area contributed by atoms with E-state index >= 15 is 0 Å². The maximum Gasteiger partial charge on any atom is 0.368 e. The van der Waals surface area contributed by atoms with Gasteiger partial charge in [-0.3, -0.25) is 9.59 Å². The number of nitrogens with two attached hydrogens (primary N) is 1. The number of thiophene rings is 1. The second-order valence-electron chi connectivity index (χ2n) is 6.97. The van der Waals surface area contributed by atoms with E-state index in [1.165, 1.54) is 42.7 Å². The van der Waals surface area contributed by atoms with Crippen molar-refractivity contribution in [2.75, 3.05) is 12.0 Å². The van der Waals surface area contributed by atoms with Gasteiger partial charge in [0.1, 0.15) is 23.7 Å². The molecule has 0 unspecified atom stereocenters. The number of halogens is 1. The number of anilines is 1. The zero-order valence-corrected chi connectivity index (χ0v) is 15.5. The number of carbonyl (C=O) groups excluding carboxylic acids is 3. The van der Waals surface area contributed by atoms with E-state index < -0.39 is 35.1 Å². The van der Waals surface area contributed by atoms with Crippen molar-refractivity contribution in [3.8, 4) is 0 Å². The van der Waals surface area contributed by atoms with Crippen LogP contribution in [0.25, 0.3) is 0 Å². The average Bonchev–Trinajstić information content (AvgIpc) is 3.34. The molecule has 4 rings (SSSR count). The molecule has 2 aromatic rings. The minimum atomic E-state index is -1.21. The molecule has 0 saturated carbocycles. The Morgan fingerprint density at radius 1 is 1.22 bits per heavy atom. The predicted octanol–water partition coefficient (Wildman–Crippen LogP) is 1.24. The highest BCUT2D eigenvalue weighted by Gasteiger charge is 2.71. The number of carbonyl (C=O) groups is 3. The summed E-state index contributed by atoms with van der Waals surface area (Å²) in [7, 11) is 1.27. The van der Waals surface area contributed by atoms with Crippen molar-refractivity contribution in [1.82, 2.24) is 0 Å². The average molecular weight is 389 g/mol. The molecule has 8 heteroatoms. The van der Waals surface area contributed by atoms with Gasteiger partial charge in [-0.25, -0.2) is 14.1 Å². The van der Waals surface area contributed by atoms with Crippen molar-refractivity contribution in [2.24, 2.45) is 11.8 Å². The van der Waals surface area contributed by atoms with Crippen molar-refractivity contribution in [1.29, 1.82) is 0 Å². The van der Waals surface area contributed by atoms with Crippen LogP contribution in [0.1, 0.15) is 17.8 Å². The van der Waals surface area contributed by atoms with Crippen molar-refractivity contribution in [3.63, 3.8) is 0 Å². The minimum Gasteiger partial charge on any atom is -0.464 e. The van der Waals surface area contributed by atoms with Crippen LogP contribution in [0.3, 0.4) is 0 Å². The number of fused-ring (bicyclic) bond motifs is 1. The van der Waals surface area contributed by atoms with Crippen LogP contribution in [0, 0.1) is 17.7 Å². The fraction of sp³-hybridized carbons (Fsp3) is 0.316. The lowest BCUT2D eigenvalue weighted by atomic mass is 9.81. The van der Waals surface area contributed by atoms with Gasteiger partial charge in [0, 0.05) is 6.92 Å². The smallest absolute Gasteiger partial charge is 0.368 e. The second kappa shape index (κ2) is 6.24. The number of rotatable bonds is 3. The van der Waals surface area contributed by atoms with Crippen molar-refractivity contribution >= 4 is 34.8 Å². The number of benzene rings is 1. The molecule has 2 amide bonds. The lowest BCUT2D eigenvalue weighted by Crippen LogP contribution is -2.97. The summed E-state index contributed by atoms with van der Waals surface area (Å²) in [5.41, 5.74) is -0.909. The van der Waals surface area contributed by atoms with E-state index in [-0.39, 0.29) is 11.9 Å². The maximum absolute atomic E-state index is 13.3. The summed E-state index contributed by atoms with van der Waals surface area (Å²) in [4.78, 5) is 41.0. The molecule has 3 heterocycles. The molecule has 1 aromatic heterocycles. The zero-order valence-electron chi connectivity index (χ0n) is 14.7. The Morgan fingerprint density at radius 2 is 1.93 bits per heavy atom. The zero-order chi connectivity index (χ0) is 19.3. The van der Waals surface area contributed by atoms with Crippen LogP contribution in [-0.2, 0) is 19.1 Å². The molecule has 1 aromatic carbocycles. The van der Waals surface area contributed by atoms with Crippen LogP contribution < -0.4 is 10.2 Å². The van der Waals surface area contributed by atoms with E-state index in [1.54, 1.807) is 12.2 Å². The number of ether oxygens (including phenoxy) is 1. The number of esters is 1. The second-order valence-corrected chi connectivity index (χ2v) is 7.95. The molecule has 140 valence electrons. The lowest BCUT2D eigenvalue weighted by Gasteiger charge is -2.25. The summed E-state index contributed by atoms with van der Waals surface area (Å²) in [6, 6.07) is 8.59. The lowest BCUT2D eigenvalue weighted by molar-refractivity contribution is -0.730. The van der Waals surface area contributed by atoms with Crippen LogP contribution in [0.4, 0.5) is 10.1 Å². The molecule has 2 saturated heterocycles. The number of quaternary nitrogens is 1. The van der Waals surface area contributed by atoms with Gasteiger partial charge >= 0.3 is 5.97 Å². The summed E-state index contributed by atoms with van der Waals surface area (Å²) in [6.07, 6.45) is 0. The van der Waals surface area contributed by atoms with Crippen LogP contribution in [0.2, 0.25) is 0 Å². The van der Waals surface area contributed by atoms with Crippen LogP contribution in [0.15, 0.2) is 41.8 Å². The molecule has 4 atom stereocenters. The minimum absolute atomic E-state index is 0.304. The van der Waals surface area contributed by atoms with Gasteiger partial charge in [-0.1, -0.05) is 6.07 Å². The molecule has 2 aliphatic heterocycles. The first-order chi connectivity index (χ1) is 12.9. The summed E-state index contributed by atoms with van der Waals surface area (Å²) in [5, 5.41) is 3.67. The SMILES string of the molecule is COC(=O)[C@@]1(C)[NH2+][C@@H](c2cccs2)[C@H]2C(=O)N(c3ccc(F)cc3)C(=O)[C@H]21. The van der Waals surface area contributed by atoms with Crippen molar-refractivity contribution in [3.05, 3.63) is 52.5 Å². The summed E-state index contributed by atoms with van der Waals surface area (Å²) in [5.74, 6) is -3.38. The van der Waals surface area contributed by atoms with Crippen molar-refractivity contribution in [2.45, 2.75) is 18.5 Å². The first kappa shape index (κ1) is 17.8. The third-order valence-electron chi connectivity index (χ3n) is 5.49. The molecule has 6 nitrogen and oxygen atoms in total. The third kappa shape index (κ3) is 2.51. The van der Waals surface area contributed by atoms with E-state index in [0.29, 0.717) is 5.69 Å². The Labute approximate surface area is 158 Å². The van der Waals surface area contributed by atoms with Gasteiger partial charge in [-0.05, 0) is 35.7 Å². The number of methoxy groups -OCH3 is 1. The molecule has 27 heavy (non-hydrogen) atoms. The van der Waals surface area contributed by atoms with E-state index in [2.05, 4.69) is 0 Å². The van der Waals surface area contributed by atoms with Gasteiger partial charge in [0.2, 0.25) is 17.4 Å². The summed E-state index contributed by atoms with van der Waals surface area (Å²) < 4.78 is 18.2. The topological polar surface area (TPSA) is 80.3 Å². The van der Waals surface area contributed by atoms with E-state index in [9.17, 15) is 18.8 Å². The summed E-state index contributed by atoms with van der Waals surface area (Å²) in [6.45, 7) is 1.64. The largest absolute Gasteiger partial charge is 0.464 e. The molecule has 0 radical (unpaired) electrons. The number of nitrogens with zero attached hydrogens (tertiary/aromatic N) is 1. The Hall–Kier alpha value is -2.58. The fourth-order valence-corrected chi connectivity index (χ4v) is 5.11. The van der Waals surface area contributed by atoms with Gasteiger partial charge in [-0.15, -0.1) is 11.3 Å². The normalized spacial score (nSPS) is 29.9. The molecule has 0 bridgehead atoms. The Balaban J connectivity index is 1.81. The van der Waals surface area contributed by atoms with Gasteiger partial charge in [0.25, 0.3) is 0 Å². The molecule has 0 aliphatic carbocycles. The first-order valence-electron chi connectivity index (χ1n) is 8.49. The van der Waals surface area contributed by atoms with Crippen LogP contribution in [0.5, 0.6) is 0 Å². The van der Waals surface area contributed by atoms with Gasteiger partial charge < -0.3 is 10.1 Å². The summed E-state index contributed by atoms with van der Waals surface area (Å²) >= 11 is 1.48. The molecule has 0 spiro atoms. The predicted molar refractivity (Wildman–Crippen MR) is 95.3 cm³/mol. The quantitative estimate of drug-likeness (QED) is 0.633. The van der Waals surface area contributed by atoms with E-state index in [0.717, 1.165) is 9.78 Å². The Bertz CT molecular complexity index is 914. The number of amides is 2. The molecular weight excluding hydrogens is 371 g/mol. The molecule has 2 fully saturated rings. The molecule has 2 aliphatic rings. The van der Waals surface area contributed by atoms with Gasteiger partial charge in [-0.2, -0.15) is 0 Å². The standard InChI is InChI=1S/C19H17FN2O4S/c1-19(18(25)26-2)14-13(15(21-19)12-4-3-9-27-12)16(23)22(17(14)24)11-7-5-10(20)6-8-11/h3-9,13-15,21H,1-2H3/p+1/t13-,14-,15-,19-/m0/s1. The van der Waals surface area contributed by atoms with E-state index in [1.807, 2.05) is 17.5 Å². The van der Waals surface area contributed by atoms with Crippen LogP contribution >= 0.6 is 11.3 Å². The number of hydrogen-bond donors (Lipinski definition) is 1. The van der Waals surface area contributed by atoms with Crippen LogP contribution in [-0.4, -0.2) is 30.4 Å². The van der Waals surface area contributed by atoms with Crippen molar-refractivity contribution < 1.29 is 28.8 Å².